The molecule has 0 unspecified atom stereocenters. The highest BCUT2D eigenvalue weighted by Crippen LogP contribution is 2.30. The first-order valence-corrected chi connectivity index (χ1v) is 6.45. The van der Waals surface area contributed by atoms with Crippen LogP contribution in [0.3, 0.4) is 0 Å². The number of methoxy groups -OCH3 is 1. The van der Waals surface area contributed by atoms with Crippen molar-refractivity contribution in [2.45, 2.75) is 33.1 Å². The number of rotatable bonds is 3. The molecule has 0 atom stereocenters. The highest BCUT2D eigenvalue weighted by atomic mass is 19.4. The van der Waals surface area contributed by atoms with E-state index in [1.807, 2.05) is 4.90 Å². The average Bonchev–Trinajstić information content (AvgIpc) is 2.80. The molecule has 0 N–H and O–H groups in total. The fraction of sp³-hybridized carbons (Fsp3) is 0.750. The fourth-order valence-corrected chi connectivity index (χ4v) is 2.45. The van der Waals surface area contributed by atoms with Gasteiger partial charge in [0.15, 0.2) is 0 Å². The SMILES string of the molecule is COC(=O)C(C)(C)CN1CCn2c(nnc2C(F)(F)F)C1. The number of esters is 1. The predicted molar refractivity (Wildman–Crippen MR) is 66.1 cm³/mol. The van der Waals surface area contributed by atoms with Gasteiger partial charge in [0.25, 0.3) is 0 Å². The summed E-state index contributed by atoms with van der Waals surface area (Å²) in [4.78, 5) is 13.5. The molecule has 1 aliphatic heterocycles. The Morgan fingerprint density at radius 2 is 1.95 bits per heavy atom. The fourth-order valence-electron chi connectivity index (χ4n) is 2.45. The van der Waals surface area contributed by atoms with E-state index in [0.717, 1.165) is 4.57 Å². The molecule has 0 saturated carbocycles. The second-order valence-corrected chi connectivity index (χ2v) is 5.68. The molecule has 118 valence electrons. The van der Waals surface area contributed by atoms with Gasteiger partial charge in [-0.3, -0.25) is 9.69 Å². The van der Waals surface area contributed by atoms with Gasteiger partial charge in [-0.15, -0.1) is 10.2 Å². The minimum absolute atomic E-state index is 0.147. The Labute approximate surface area is 119 Å². The van der Waals surface area contributed by atoms with E-state index in [4.69, 9.17) is 4.74 Å². The van der Waals surface area contributed by atoms with E-state index >= 15 is 0 Å². The highest BCUT2D eigenvalue weighted by molar-refractivity contribution is 5.76. The molecule has 6 nitrogen and oxygen atoms in total. The Kier molecular flexibility index (Phi) is 3.96. The zero-order chi connectivity index (χ0) is 15.8. The number of hydrogen-bond acceptors (Lipinski definition) is 5. The van der Waals surface area contributed by atoms with E-state index in [9.17, 15) is 18.0 Å². The molecule has 0 saturated heterocycles. The van der Waals surface area contributed by atoms with Gasteiger partial charge in [0.05, 0.1) is 19.1 Å². The summed E-state index contributed by atoms with van der Waals surface area (Å²) in [6, 6.07) is 0. The third-order valence-electron chi connectivity index (χ3n) is 3.44. The van der Waals surface area contributed by atoms with Crippen molar-refractivity contribution >= 4 is 5.97 Å². The van der Waals surface area contributed by atoms with Gasteiger partial charge in [0, 0.05) is 19.6 Å². The molecule has 9 heteroatoms. The minimum Gasteiger partial charge on any atom is -0.469 e. The molecule has 0 spiro atoms. The first-order chi connectivity index (χ1) is 9.65. The lowest BCUT2D eigenvalue weighted by Gasteiger charge is -2.33. The summed E-state index contributed by atoms with van der Waals surface area (Å²) in [5.41, 5.74) is -0.732. The van der Waals surface area contributed by atoms with Crippen molar-refractivity contribution in [3.8, 4) is 0 Å². The monoisotopic (exact) mass is 306 g/mol. The Hall–Kier alpha value is -1.64. The van der Waals surface area contributed by atoms with Crippen molar-refractivity contribution in [3.63, 3.8) is 0 Å². The summed E-state index contributed by atoms with van der Waals surface area (Å²) in [7, 11) is 1.31. The molecule has 0 amide bonds. The Morgan fingerprint density at radius 3 is 2.52 bits per heavy atom. The van der Waals surface area contributed by atoms with Crippen LogP contribution in [0.2, 0.25) is 0 Å². The third-order valence-corrected chi connectivity index (χ3v) is 3.44. The molecule has 2 heterocycles. The summed E-state index contributed by atoms with van der Waals surface area (Å²) in [5.74, 6) is -1.07. The third kappa shape index (κ3) is 3.17. The second-order valence-electron chi connectivity index (χ2n) is 5.68. The topological polar surface area (TPSA) is 60.2 Å². The molecule has 1 aromatic heterocycles. The number of nitrogens with zero attached hydrogens (tertiary/aromatic N) is 4. The molecule has 1 aromatic rings. The van der Waals surface area contributed by atoms with Gasteiger partial charge in [-0.1, -0.05) is 0 Å². The van der Waals surface area contributed by atoms with E-state index in [1.54, 1.807) is 13.8 Å². The molecule has 1 aliphatic rings. The van der Waals surface area contributed by atoms with Crippen LogP contribution in [0.1, 0.15) is 25.5 Å². The molecular formula is C12H17F3N4O2. The number of ether oxygens (including phenoxy) is 1. The van der Waals surface area contributed by atoms with Crippen molar-refractivity contribution in [1.29, 1.82) is 0 Å². The molecular weight excluding hydrogens is 289 g/mol. The predicted octanol–water partition coefficient (Wildman–Crippen LogP) is 1.31. The first kappa shape index (κ1) is 15.7. The second kappa shape index (κ2) is 5.28. The number of aromatic nitrogens is 3. The minimum atomic E-state index is -4.50. The van der Waals surface area contributed by atoms with E-state index in [-0.39, 0.29) is 24.9 Å². The maximum absolute atomic E-state index is 12.7. The van der Waals surface area contributed by atoms with Crippen molar-refractivity contribution < 1.29 is 22.7 Å². The number of halogens is 3. The molecule has 0 aromatic carbocycles. The maximum Gasteiger partial charge on any atom is 0.451 e. The van der Waals surface area contributed by atoms with E-state index in [2.05, 4.69) is 10.2 Å². The van der Waals surface area contributed by atoms with Gasteiger partial charge in [0.1, 0.15) is 5.82 Å². The number of alkyl halides is 3. The van der Waals surface area contributed by atoms with Crippen LogP contribution in [-0.4, -0.2) is 45.8 Å². The number of fused-ring (bicyclic) bond motifs is 1. The van der Waals surface area contributed by atoms with Crippen LogP contribution in [-0.2, 0) is 28.8 Å². The van der Waals surface area contributed by atoms with E-state index in [1.165, 1.54) is 7.11 Å². The largest absolute Gasteiger partial charge is 0.469 e. The van der Waals surface area contributed by atoms with Crippen molar-refractivity contribution in [2.75, 3.05) is 20.2 Å². The molecule has 0 aliphatic carbocycles. The number of hydrogen-bond donors (Lipinski definition) is 0. The Bertz CT molecular complexity index is 539. The first-order valence-electron chi connectivity index (χ1n) is 6.45. The van der Waals surface area contributed by atoms with Crippen molar-refractivity contribution in [2.24, 2.45) is 5.41 Å². The summed E-state index contributed by atoms with van der Waals surface area (Å²) < 4.78 is 44.0. The quantitative estimate of drug-likeness (QED) is 0.788. The highest BCUT2D eigenvalue weighted by Gasteiger charge is 2.40. The van der Waals surface area contributed by atoms with Crippen LogP contribution in [0.5, 0.6) is 0 Å². The summed E-state index contributed by atoms with van der Waals surface area (Å²) in [5, 5.41) is 6.82. The Morgan fingerprint density at radius 1 is 1.29 bits per heavy atom. The zero-order valence-corrected chi connectivity index (χ0v) is 12.1. The van der Waals surface area contributed by atoms with Crippen LogP contribution in [0.15, 0.2) is 0 Å². The van der Waals surface area contributed by atoms with Gasteiger partial charge >= 0.3 is 12.1 Å². The zero-order valence-electron chi connectivity index (χ0n) is 12.1. The average molecular weight is 306 g/mol. The summed E-state index contributed by atoms with van der Waals surface area (Å²) in [6.07, 6.45) is -4.50. The molecule has 0 radical (unpaired) electrons. The van der Waals surface area contributed by atoms with Gasteiger partial charge < -0.3 is 9.30 Å². The van der Waals surface area contributed by atoms with Gasteiger partial charge in [-0.05, 0) is 13.8 Å². The van der Waals surface area contributed by atoms with Gasteiger partial charge in [-0.2, -0.15) is 13.2 Å². The van der Waals surface area contributed by atoms with Gasteiger partial charge in [-0.25, -0.2) is 0 Å². The van der Waals surface area contributed by atoms with Crippen LogP contribution in [0.4, 0.5) is 13.2 Å². The number of carbonyl (C=O) groups is 1. The smallest absolute Gasteiger partial charge is 0.451 e. The number of carbonyl (C=O) groups excluding carboxylic acids is 1. The molecule has 0 bridgehead atoms. The van der Waals surface area contributed by atoms with Crippen LogP contribution in [0, 0.1) is 5.41 Å². The van der Waals surface area contributed by atoms with E-state index < -0.39 is 17.4 Å². The molecule has 2 rings (SSSR count). The molecule has 0 fully saturated rings. The standard InChI is InChI=1S/C12H17F3N4O2/c1-11(2,10(20)21-3)7-18-4-5-19-8(6-18)16-17-9(19)12(13,14)15/h4-7H2,1-3H3. The maximum atomic E-state index is 12.7. The van der Waals surface area contributed by atoms with Crippen molar-refractivity contribution in [1.82, 2.24) is 19.7 Å². The van der Waals surface area contributed by atoms with Crippen molar-refractivity contribution in [3.05, 3.63) is 11.6 Å². The summed E-state index contributed by atoms with van der Waals surface area (Å²) in [6.45, 7) is 4.62. The normalized spacial score (nSPS) is 16.7. The van der Waals surface area contributed by atoms with E-state index in [0.29, 0.717) is 13.1 Å². The van der Waals surface area contributed by atoms with Crippen LogP contribution < -0.4 is 0 Å². The molecule has 21 heavy (non-hydrogen) atoms. The lowest BCUT2D eigenvalue weighted by molar-refractivity contribution is -0.152. The Balaban J connectivity index is 2.11. The van der Waals surface area contributed by atoms with Crippen LogP contribution in [0.25, 0.3) is 0 Å². The van der Waals surface area contributed by atoms with Gasteiger partial charge in [0.2, 0.25) is 5.82 Å². The lowest BCUT2D eigenvalue weighted by atomic mass is 9.92. The van der Waals surface area contributed by atoms with Crippen LogP contribution >= 0.6 is 0 Å². The lowest BCUT2D eigenvalue weighted by Crippen LogP contribution is -2.43. The summed E-state index contributed by atoms with van der Waals surface area (Å²) >= 11 is 0.